The van der Waals surface area contributed by atoms with Crippen LogP contribution in [0.4, 0.5) is 5.69 Å². The van der Waals surface area contributed by atoms with Gasteiger partial charge in [0.1, 0.15) is 6.04 Å². The highest BCUT2D eigenvalue weighted by molar-refractivity contribution is 7.89. The number of hydrogen-bond donors (Lipinski definition) is 1. The minimum Gasteiger partial charge on any atom is -0.258 e. The molecule has 20 heavy (non-hydrogen) atoms. The fourth-order valence-electron chi connectivity index (χ4n) is 1.55. The average molecular weight is 318 g/mol. The number of sulfonamides is 1. The maximum Gasteiger partial charge on any atom is 0.290 e. The van der Waals surface area contributed by atoms with E-state index in [9.17, 15) is 18.5 Å². The molecule has 0 aromatic heterocycles. The Morgan fingerprint density at radius 1 is 1.55 bits per heavy atom. The fourth-order valence-corrected chi connectivity index (χ4v) is 3.04. The molecule has 0 heterocycles. The van der Waals surface area contributed by atoms with Crippen LogP contribution in [0.1, 0.15) is 19.8 Å². The molecule has 0 spiro atoms. The summed E-state index contributed by atoms with van der Waals surface area (Å²) in [6, 6.07) is 4.11. The Kier molecular flexibility index (Phi) is 5.44. The van der Waals surface area contributed by atoms with Gasteiger partial charge in [0.2, 0.25) is 10.0 Å². The van der Waals surface area contributed by atoms with Gasteiger partial charge in [-0.2, -0.15) is 9.98 Å². The van der Waals surface area contributed by atoms with Gasteiger partial charge in [-0.05, 0) is 18.6 Å². The fraction of sp³-hybridized carbons (Fsp3) is 0.364. The van der Waals surface area contributed by atoms with Gasteiger partial charge in [0.15, 0.2) is 4.90 Å². The van der Waals surface area contributed by atoms with Crippen LogP contribution in [0.25, 0.3) is 0 Å². The Morgan fingerprint density at radius 2 is 2.20 bits per heavy atom. The number of hydrogen-bond acceptors (Lipinski definition) is 5. The molecule has 0 aliphatic carbocycles. The zero-order chi connectivity index (χ0) is 15.3. The average Bonchev–Trinajstić information content (AvgIpc) is 2.37. The van der Waals surface area contributed by atoms with E-state index < -0.39 is 31.6 Å². The Bertz CT molecular complexity index is 654. The third-order valence-corrected chi connectivity index (χ3v) is 4.19. The molecule has 7 nitrogen and oxygen atoms in total. The van der Waals surface area contributed by atoms with Crippen molar-refractivity contribution in [3.8, 4) is 6.07 Å². The van der Waals surface area contributed by atoms with Crippen molar-refractivity contribution >= 4 is 27.3 Å². The van der Waals surface area contributed by atoms with Crippen molar-refractivity contribution in [3.63, 3.8) is 0 Å². The normalized spacial score (nSPS) is 12.7. The van der Waals surface area contributed by atoms with Gasteiger partial charge in [-0.25, -0.2) is 8.42 Å². The van der Waals surface area contributed by atoms with E-state index in [2.05, 4.69) is 4.72 Å². The summed E-state index contributed by atoms with van der Waals surface area (Å²) in [5.41, 5.74) is -0.627. The Labute approximate surface area is 121 Å². The van der Waals surface area contributed by atoms with E-state index in [4.69, 9.17) is 16.9 Å². The van der Waals surface area contributed by atoms with E-state index in [1.807, 2.05) is 0 Å². The Balaban J connectivity index is 3.23. The summed E-state index contributed by atoms with van der Waals surface area (Å²) in [5, 5.41) is 19.8. The molecule has 108 valence electrons. The molecule has 1 aromatic carbocycles. The van der Waals surface area contributed by atoms with E-state index in [-0.39, 0.29) is 5.02 Å². The summed E-state index contributed by atoms with van der Waals surface area (Å²) in [5.74, 6) is 0. The van der Waals surface area contributed by atoms with Gasteiger partial charge in [0.25, 0.3) is 5.69 Å². The zero-order valence-corrected chi connectivity index (χ0v) is 12.1. The van der Waals surface area contributed by atoms with Crippen LogP contribution < -0.4 is 4.72 Å². The van der Waals surface area contributed by atoms with E-state index in [1.165, 1.54) is 6.07 Å². The summed E-state index contributed by atoms with van der Waals surface area (Å²) in [6.07, 6.45) is 0.917. The van der Waals surface area contributed by atoms with Crippen molar-refractivity contribution < 1.29 is 13.3 Å². The third kappa shape index (κ3) is 3.90. The van der Waals surface area contributed by atoms with Crippen molar-refractivity contribution in [1.82, 2.24) is 4.72 Å². The maximum absolute atomic E-state index is 12.1. The van der Waals surface area contributed by atoms with Gasteiger partial charge in [0.05, 0.1) is 11.0 Å². The third-order valence-electron chi connectivity index (χ3n) is 2.44. The number of nitrogens with one attached hydrogen (secondary N) is 1. The second-order valence-corrected chi connectivity index (χ2v) is 6.08. The molecule has 1 N–H and O–H groups in total. The lowest BCUT2D eigenvalue weighted by Gasteiger charge is -2.11. The van der Waals surface area contributed by atoms with Crippen molar-refractivity contribution in [1.29, 1.82) is 5.26 Å². The molecular weight excluding hydrogens is 306 g/mol. The molecule has 0 amide bonds. The highest BCUT2D eigenvalue weighted by atomic mass is 35.5. The minimum absolute atomic E-state index is 0.0565. The SMILES string of the molecule is CCCC(C#N)NS(=O)(=O)c1ccc(Cl)cc1[N+](=O)[O-]. The van der Waals surface area contributed by atoms with Gasteiger partial charge in [-0.1, -0.05) is 24.9 Å². The zero-order valence-electron chi connectivity index (χ0n) is 10.5. The molecular formula is C11H12ClN3O4S. The van der Waals surface area contributed by atoms with Crippen molar-refractivity contribution in [2.75, 3.05) is 0 Å². The molecule has 0 aliphatic rings. The van der Waals surface area contributed by atoms with Crippen LogP contribution in [0.2, 0.25) is 5.02 Å². The summed E-state index contributed by atoms with van der Waals surface area (Å²) >= 11 is 5.62. The number of halogens is 1. The summed E-state index contributed by atoms with van der Waals surface area (Å²) < 4.78 is 26.3. The Hall–Kier alpha value is -1.69. The quantitative estimate of drug-likeness (QED) is 0.638. The summed E-state index contributed by atoms with van der Waals surface area (Å²) in [6.45, 7) is 1.80. The van der Waals surface area contributed by atoms with E-state index in [0.29, 0.717) is 12.8 Å². The number of nitriles is 1. The van der Waals surface area contributed by atoms with Crippen molar-refractivity contribution in [2.24, 2.45) is 0 Å². The molecule has 0 saturated carbocycles. The van der Waals surface area contributed by atoms with Gasteiger partial charge in [0, 0.05) is 11.1 Å². The van der Waals surface area contributed by atoms with E-state index >= 15 is 0 Å². The van der Waals surface area contributed by atoms with Crippen LogP contribution in [0.5, 0.6) is 0 Å². The second-order valence-electron chi connectivity index (χ2n) is 3.96. The number of nitro benzene ring substituents is 1. The molecule has 1 atom stereocenters. The lowest BCUT2D eigenvalue weighted by atomic mass is 10.2. The topological polar surface area (TPSA) is 113 Å². The van der Waals surface area contributed by atoms with Gasteiger partial charge >= 0.3 is 0 Å². The highest BCUT2D eigenvalue weighted by Crippen LogP contribution is 2.27. The molecule has 1 aromatic rings. The van der Waals surface area contributed by atoms with E-state index in [1.54, 1.807) is 13.0 Å². The first-order valence-electron chi connectivity index (χ1n) is 5.67. The minimum atomic E-state index is -4.16. The number of rotatable bonds is 6. The van der Waals surface area contributed by atoms with Crippen LogP contribution in [0.3, 0.4) is 0 Å². The number of nitrogens with zero attached hydrogens (tertiary/aromatic N) is 2. The molecule has 1 rings (SSSR count). The maximum atomic E-state index is 12.1. The van der Waals surface area contributed by atoms with Crippen LogP contribution in [0.15, 0.2) is 23.1 Å². The standard InChI is InChI=1S/C11H12ClN3O4S/c1-2-3-9(7-13)14-20(18,19)11-5-4-8(12)6-10(11)15(16)17/h4-6,9,14H,2-3H2,1H3. The first-order valence-corrected chi connectivity index (χ1v) is 7.53. The van der Waals surface area contributed by atoms with Gasteiger partial charge in [-0.15, -0.1) is 0 Å². The highest BCUT2D eigenvalue weighted by Gasteiger charge is 2.28. The van der Waals surface area contributed by atoms with Crippen molar-refractivity contribution in [2.45, 2.75) is 30.7 Å². The first-order chi connectivity index (χ1) is 9.31. The van der Waals surface area contributed by atoms with Crippen LogP contribution >= 0.6 is 11.6 Å². The molecule has 0 aliphatic heterocycles. The summed E-state index contributed by atoms with van der Waals surface area (Å²) in [7, 11) is -4.16. The predicted molar refractivity (Wildman–Crippen MR) is 72.7 cm³/mol. The van der Waals surface area contributed by atoms with Crippen LogP contribution in [-0.2, 0) is 10.0 Å². The van der Waals surface area contributed by atoms with E-state index in [0.717, 1.165) is 12.1 Å². The van der Waals surface area contributed by atoms with Crippen LogP contribution in [-0.4, -0.2) is 19.4 Å². The molecule has 1 unspecified atom stereocenters. The number of nitro groups is 1. The monoisotopic (exact) mass is 317 g/mol. The van der Waals surface area contributed by atoms with Gasteiger partial charge < -0.3 is 0 Å². The van der Waals surface area contributed by atoms with Crippen LogP contribution in [0, 0.1) is 21.4 Å². The smallest absolute Gasteiger partial charge is 0.258 e. The molecule has 0 fully saturated rings. The molecule has 0 bridgehead atoms. The molecule has 9 heteroatoms. The van der Waals surface area contributed by atoms with Gasteiger partial charge in [-0.3, -0.25) is 10.1 Å². The lowest BCUT2D eigenvalue weighted by Crippen LogP contribution is -2.34. The van der Waals surface area contributed by atoms with Crippen molar-refractivity contribution in [3.05, 3.63) is 33.3 Å². The second kappa shape index (κ2) is 6.65. The molecule has 0 radical (unpaired) electrons. The Morgan fingerprint density at radius 3 is 2.70 bits per heavy atom. The largest absolute Gasteiger partial charge is 0.290 e. The lowest BCUT2D eigenvalue weighted by molar-refractivity contribution is -0.387. The summed E-state index contributed by atoms with van der Waals surface area (Å²) in [4.78, 5) is 9.55. The predicted octanol–water partition coefficient (Wildman–Crippen LogP) is 2.22. The molecule has 0 saturated heterocycles. The number of benzene rings is 1. The first kappa shape index (κ1) is 16.4.